The minimum atomic E-state index is -3.60. The topological polar surface area (TPSA) is 78.5 Å². The van der Waals surface area contributed by atoms with Gasteiger partial charge in [0.25, 0.3) is 0 Å². The van der Waals surface area contributed by atoms with Gasteiger partial charge in [-0.2, -0.15) is 0 Å². The van der Waals surface area contributed by atoms with Crippen LogP contribution in [0.4, 0.5) is 15.8 Å². The van der Waals surface area contributed by atoms with Crippen molar-refractivity contribution in [2.75, 3.05) is 22.8 Å². The minimum Gasteiger partial charge on any atom is -0.325 e. The molecule has 0 bridgehead atoms. The average molecular weight is 383 g/mol. The van der Waals surface area contributed by atoms with E-state index in [1.807, 2.05) is 0 Å². The van der Waals surface area contributed by atoms with Crippen molar-refractivity contribution in [1.82, 2.24) is 4.90 Å². The molecule has 1 aliphatic carbocycles. The van der Waals surface area contributed by atoms with Gasteiger partial charge in [-0.15, -0.1) is 0 Å². The molecule has 1 saturated heterocycles. The molecule has 26 heavy (non-hydrogen) atoms. The molecule has 6 nitrogen and oxygen atoms in total. The number of carbonyl (C=O) groups excluding carboxylic acids is 1. The highest BCUT2D eigenvalue weighted by molar-refractivity contribution is 7.92. The fourth-order valence-corrected chi connectivity index (χ4v) is 4.57. The van der Waals surface area contributed by atoms with E-state index in [1.165, 1.54) is 25.0 Å². The molecule has 1 heterocycles. The number of halogens is 1. The van der Waals surface area contributed by atoms with Gasteiger partial charge in [-0.1, -0.05) is 19.3 Å². The lowest BCUT2D eigenvalue weighted by Crippen LogP contribution is -2.51. The van der Waals surface area contributed by atoms with E-state index in [1.54, 1.807) is 0 Å². The van der Waals surface area contributed by atoms with Crippen LogP contribution in [0.2, 0.25) is 0 Å². The number of likely N-dealkylation sites (tertiary alicyclic amines) is 1. The molecular formula is C18H26FN3O3S. The summed E-state index contributed by atoms with van der Waals surface area (Å²) in [6, 6.07) is 4.21. The zero-order valence-corrected chi connectivity index (χ0v) is 15.8. The van der Waals surface area contributed by atoms with Crippen molar-refractivity contribution in [2.45, 2.75) is 57.0 Å². The summed E-state index contributed by atoms with van der Waals surface area (Å²) in [5.74, 6) is -0.785. The quantitative estimate of drug-likeness (QED) is 0.819. The smallest absolute Gasteiger partial charge is 0.241 e. The molecule has 1 saturated carbocycles. The first-order chi connectivity index (χ1) is 12.3. The third kappa shape index (κ3) is 4.73. The second-order valence-corrected chi connectivity index (χ2v) is 8.99. The summed E-state index contributed by atoms with van der Waals surface area (Å²) in [4.78, 5) is 15.2. The predicted molar refractivity (Wildman–Crippen MR) is 100 cm³/mol. The van der Waals surface area contributed by atoms with Crippen LogP contribution in [-0.4, -0.2) is 44.1 Å². The average Bonchev–Trinajstić information content (AvgIpc) is 3.11. The first-order valence-corrected chi connectivity index (χ1v) is 11.1. The molecule has 0 aromatic heterocycles. The van der Waals surface area contributed by atoms with Gasteiger partial charge in [0.15, 0.2) is 0 Å². The SMILES string of the molecule is CS(=O)(=O)Nc1cc(NC(=O)C2CCCCN2C2CCCC2)ccc1F. The van der Waals surface area contributed by atoms with Crippen molar-refractivity contribution in [3.05, 3.63) is 24.0 Å². The number of anilines is 2. The van der Waals surface area contributed by atoms with Crippen LogP contribution < -0.4 is 10.0 Å². The van der Waals surface area contributed by atoms with E-state index < -0.39 is 15.8 Å². The molecule has 1 aliphatic heterocycles. The van der Waals surface area contributed by atoms with Gasteiger partial charge in [-0.3, -0.25) is 14.4 Å². The van der Waals surface area contributed by atoms with Crippen LogP contribution in [0.3, 0.4) is 0 Å². The Bertz CT molecular complexity index is 763. The van der Waals surface area contributed by atoms with Crippen molar-refractivity contribution in [2.24, 2.45) is 0 Å². The summed E-state index contributed by atoms with van der Waals surface area (Å²) >= 11 is 0. The Labute approximate surface area is 154 Å². The molecule has 2 aliphatic rings. The van der Waals surface area contributed by atoms with E-state index in [9.17, 15) is 17.6 Å². The Balaban J connectivity index is 1.73. The van der Waals surface area contributed by atoms with Crippen LogP contribution in [-0.2, 0) is 14.8 Å². The van der Waals surface area contributed by atoms with Crippen molar-refractivity contribution in [3.8, 4) is 0 Å². The molecule has 2 N–H and O–H groups in total. The maximum atomic E-state index is 13.8. The maximum absolute atomic E-state index is 13.8. The zero-order chi connectivity index (χ0) is 18.7. The number of benzene rings is 1. The Kier molecular flexibility index (Phi) is 5.82. The van der Waals surface area contributed by atoms with E-state index in [-0.39, 0.29) is 17.6 Å². The number of rotatable bonds is 5. The summed E-state index contributed by atoms with van der Waals surface area (Å²) in [7, 11) is -3.60. The highest BCUT2D eigenvalue weighted by Gasteiger charge is 2.34. The first kappa shape index (κ1) is 19.1. The summed E-state index contributed by atoms with van der Waals surface area (Å²) in [5, 5.41) is 2.84. The van der Waals surface area contributed by atoms with E-state index in [2.05, 4.69) is 14.9 Å². The molecule has 3 rings (SSSR count). The molecule has 1 aromatic rings. The monoisotopic (exact) mass is 383 g/mol. The number of carbonyl (C=O) groups is 1. The summed E-state index contributed by atoms with van der Waals surface area (Å²) < 4.78 is 38.6. The number of hydrogen-bond acceptors (Lipinski definition) is 4. The molecule has 2 fully saturated rings. The van der Waals surface area contributed by atoms with Crippen LogP contribution in [0.5, 0.6) is 0 Å². The van der Waals surface area contributed by atoms with E-state index in [0.717, 1.165) is 51.0 Å². The van der Waals surface area contributed by atoms with Gasteiger partial charge in [-0.25, -0.2) is 12.8 Å². The second-order valence-electron chi connectivity index (χ2n) is 7.25. The standard InChI is InChI=1S/C18H26FN3O3S/c1-26(24,25)21-16-12-13(9-10-15(16)19)20-18(23)17-8-4-5-11-22(17)14-6-2-3-7-14/h9-10,12,14,17,21H,2-8,11H2,1H3,(H,20,23). The van der Waals surface area contributed by atoms with Gasteiger partial charge in [0.05, 0.1) is 18.0 Å². The first-order valence-electron chi connectivity index (χ1n) is 9.17. The molecule has 1 amide bonds. The molecule has 8 heteroatoms. The van der Waals surface area contributed by atoms with Gasteiger partial charge >= 0.3 is 0 Å². The number of piperidine rings is 1. The molecule has 0 radical (unpaired) electrons. The van der Waals surface area contributed by atoms with E-state index in [4.69, 9.17) is 0 Å². The minimum absolute atomic E-state index is 0.103. The Hall–Kier alpha value is -1.67. The van der Waals surface area contributed by atoms with E-state index in [0.29, 0.717) is 11.7 Å². The maximum Gasteiger partial charge on any atom is 0.241 e. The Morgan fingerprint density at radius 3 is 2.54 bits per heavy atom. The number of hydrogen-bond donors (Lipinski definition) is 2. The van der Waals surface area contributed by atoms with Crippen LogP contribution in [0.1, 0.15) is 44.9 Å². The second kappa shape index (κ2) is 7.92. The van der Waals surface area contributed by atoms with Crippen LogP contribution >= 0.6 is 0 Å². The summed E-state index contributed by atoms with van der Waals surface area (Å²) in [5.41, 5.74) is 0.223. The Morgan fingerprint density at radius 2 is 1.85 bits per heavy atom. The van der Waals surface area contributed by atoms with Crippen molar-refractivity contribution >= 4 is 27.3 Å². The lowest BCUT2D eigenvalue weighted by Gasteiger charge is -2.38. The van der Waals surface area contributed by atoms with Gasteiger partial charge < -0.3 is 5.32 Å². The van der Waals surface area contributed by atoms with Gasteiger partial charge in [0.1, 0.15) is 5.82 Å². The highest BCUT2D eigenvalue weighted by Crippen LogP contribution is 2.30. The fourth-order valence-electron chi connectivity index (χ4n) is 4.01. The van der Waals surface area contributed by atoms with Crippen molar-refractivity contribution < 1.29 is 17.6 Å². The fraction of sp³-hybridized carbons (Fsp3) is 0.611. The zero-order valence-electron chi connectivity index (χ0n) is 15.0. The molecular weight excluding hydrogens is 357 g/mol. The predicted octanol–water partition coefficient (Wildman–Crippen LogP) is 2.93. The molecule has 1 aromatic carbocycles. The van der Waals surface area contributed by atoms with Gasteiger partial charge in [0, 0.05) is 11.7 Å². The number of sulfonamides is 1. The molecule has 1 unspecified atom stereocenters. The molecule has 0 spiro atoms. The number of amides is 1. The molecule has 144 valence electrons. The third-order valence-corrected chi connectivity index (χ3v) is 5.76. The lowest BCUT2D eigenvalue weighted by molar-refractivity contribution is -0.123. The number of nitrogens with one attached hydrogen (secondary N) is 2. The van der Waals surface area contributed by atoms with Crippen molar-refractivity contribution in [3.63, 3.8) is 0 Å². The largest absolute Gasteiger partial charge is 0.325 e. The summed E-state index contributed by atoms with van der Waals surface area (Å²) in [6.07, 6.45) is 8.62. The highest BCUT2D eigenvalue weighted by atomic mass is 32.2. The van der Waals surface area contributed by atoms with E-state index >= 15 is 0 Å². The van der Waals surface area contributed by atoms with Gasteiger partial charge in [-0.05, 0) is 50.4 Å². The van der Waals surface area contributed by atoms with Crippen molar-refractivity contribution in [1.29, 1.82) is 0 Å². The molecule has 1 atom stereocenters. The lowest BCUT2D eigenvalue weighted by atomic mass is 9.98. The van der Waals surface area contributed by atoms with Crippen LogP contribution in [0.25, 0.3) is 0 Å². The van der Waals surface area contributed by atoms with Gasteiger partial charge in [0.2, 0.25) is 15.9 Å². The van der Waals surface area contributed by atoms with Crippen LogP contribution in [0, 0.1) is 5.82 Å². The number of nitrogens with zero attached hydrogens (tertiary/aromatic N) is 1. The van der Waals surface area contributed by atoms with Crippen LogP contribution in [0.15, 0.2) is 18.2 Å². The third-order valence-electron chi connectivity index (χ3n) is 5.17. The normalized spacial score (nSPS) is 22.3. The Morgan fingerprint density at radius 1 is 1.15 bits per heavy atom. The summed E-state index contributed by atoms with van der Waals surface area (Å²) in [6.45, 7) is 0.938.